The highest BCUT2D eigenvalue weighted by Gasteiger charge is 2.19. The SMILES string of the molecule is CCN(Cc1cnc2ccccn12)C(=O)c1cc(Cl)ccc1Cl. The summed E-state index contributed by atoms with van der Waals surface area (Å²) in [5.41, 5.74) is 2.20. The third-order valence-corrected chi connectivity index (χ3v) is 4.24. The minimum Gasteiger partial charge on any atom is -0.333 e. The molecule has 0 atom stereocenters. The fourth-order valence-electron chi connectivity index (χ4n) is 2.46. The molecule has 0 aliphatic carbocycles. The molecule has 23 heavy (non-hydrogen) atoms. The Morgan fingerprint density at radius 3 is 2.87 bits per heavy atom. The second kappa shape index (κ2) is 6.60. The molecule has 6 heteroatoms. The molecule has 0 N–H and O–H groups in total. The van der Waals surface area contributed by atoms with Gasteiger partial charge < -0.3 is 9.30 Å². The van der Waals surface area contributed by atoms with E-state index in [1.54, 1.807) is 29.3 Å². The summed E-state index contributed by atoms with van der Waals surface area (Å²) in [4.78, 5) is 18.8. The molecule has 0 saturated heterocycles. The minimum absolute atomic E-state index is 0.147. The van der Waals surface area contributed by atoms with Gasteiger partial charge in [0.05, 0.1) is 29.0 Å². The van der Waals surface area contributed by atoms with Crippen LogP contribution in [-0.4, -0.2) is 26.7 Å². The summed E-state index contributed by atoms with van der Waals surface area (Å²) >= 11 is 12.1. The third kappa shape index (κ3) is 3.19. The van der Waals surface area contributed by atoms with Gasteiger partial charge in [0, 0.05) is 17.8 Å². The van der Waals surface area contributed by atoms with Crippen molar-refractivity contribution in [2.45, 2.75) is 13.5 Å². The van der Waals surface area contributed by atoms with Gasteiger partial charge in [0.25, 0.3) is 5.91 Å². The van der Waals surface area contributed by atoms with Crippen LogP contribution < -0.4 is 0 Å². The first-order valence-corrected chi connectivity index (χ1v) is 8.01. The van der Waals surface area contributed by atoms with Crippen LogP contribution in [0.3, 0.4) is 0 Å². The summed E-state index contributed by atoms with van der Waals surface area (Å²) in [5.74, 6) is -0.147. The highest BCUT2D eigenvalue weighted by Crippen LogP contribution is 2.23. The van der Waals surface area contributed by atoms with E-state index in [1.807, 2.05) is 35.7 Å². The summed E-state index contributed by atoms with van der Waals surface area (Å²) in [7, 11) is 0. The van der Waals surface area contributed by atoms with Crippen LogP contribution in [0.1, 0.15) is 23.0 Å². The van der Waals surface area contributed by atoms with Gasteiger partial charge in [-0.3, -0.25) is 4.79 Å². The van der Waals surface area contributed by atoms with Gasteiger partial charge in [0.1, 0.15) is 5.65 Å². The van der Waals surface area contributed by atoms with E-state index < -0.39 is 0 Å². The first kappa shape index (κ1) is 15.8. The standard InChI is InChI=1S/C17H15Cl2N3O/c1-2-21(17(23)14-9-12(18)6-7-15(14)19)11-13-10-20-16-5-3-4-8-22(13)16/h3-10H,2,11H2,1H3. The average molecular weight is 348 g/mol. The van der Waals surface area contributed by atoms with Gasteiger partial charge in [0.15, 0.2) is 0 Å². The van der Waals surface area contributed by atoms with Crippen molar-refractivity contribution in [2.75, 3.05) is 6.54 Å². The minimum atomic E-state index is -0.147. The van der Waals surface area contributed by atoms with Crippen LogP contribution in [0.15, 0.2) is 48.8 Å². The Morgan fingerprint density at radius 1 is 1.26 bits per heavy atom. The van der Waals surface area contributed by atoms with Crippen LogP contribution in [-0.2, 0) is 6.54 Å². The summed E-state index contributed by atoms with van der Waals surface area (Å²) in [5, 5.41) is 0.889. The van der Waals surface area contributed by atoms with Crippen LogP contribution in [0.2, 0.25) is 10.0 Å². The van der Waals surface area contributed by atoms with Crippen molar-refractivity contribution >= 4 is 34.8 Å². The molecule has 1 aromatic carbocycles. The van der Waals surface area contributed by atoms with Gasteiger partial charge in [-0.25, -0.2) is 4.98 Å². The van der Waals surface area contributed by atoms with Gasteiger partial charge in [0.2, 0.25) is 0 Å². The summed E-state index contributed by atoms with van der Waals surface area (Å²) in [6, 6.07) is 10.7. The van der Waals surface area contributed by atoms with E-state index in [0.29, 0.717) is 28.7 Å². The predicted molar refractivity (Wildman–Crippen MR) is 92.1 cm³/mol. The first-order chi connectivity index (χ1) is 11.1. The number of fused-ring (bicyclic) bond motifs is 1. The van der Waals surface area contributed by atoms with E-state index in [-0.39, 0.29) is 5.91 Å². The third-order valence-electron chi connectivity index (χ3n) is 3.67. The summed E-state index contributed by atoms with van der Waals surface area (Å²) in [6.45, 7) is 2.94. The zero-order valence-electron chi connectivity index (χ0n) is 12.5. The van der Waals surface area contributed by atoms with E-state index in [9.17, 15) is 4.79 Å². The fraction of sp³-hybridized carbons (Fsp3) is 0.176. The van der Waals surface area contributed by atoms with E-state index in [4.69, 9.17) is 23.2 Å². The predicted octanol–water partition coefficient (Wildman–Crippen LogP) is 4.30. The number of benzene rings is 1. The van der Waals surface area contributed by atoms with Crippen molar-refractivity contribution < 1.29 is 4.79 Å². The van der Waals surface area contributed by atoms with E-state index >= 15 is 0 Å². The fourth-order valence-corrected chi connectivity index (χ4v) is 2.83. The Balaban J connectivity index is 1.90. The first-order valence-electron chi connectivity index (χ1n) is 7.25. The second-order valence-corrected chi connectivity index (χ2v) is 5.97. The lowest BCUT2D eigenvalue weighted by atomic mass is 10.2. The zero-order chi connectivity index (χ0) is 16.4. The lowest BCUT2D eigenvalue weighted by molar-refractivity contribution is 0.0750. The van der Waals surface area contributed by atoms with Crippen molar-refractivity contribution in [1.82, 2.24) is 14.3 Å². The number of pyridine rings is 1. The molecule has 0 aliphatic heterocycles. The van der Waals surface area contributed by atoms with Crippen molar-refractivity contribution in [2.24, 2.45) is 0 Å². The maximum absolute atomic E-state index is 12.8. The molecule has 0 radical (unpaired) electrons. The van der Waals surface area contributed by atoms with Gasteiger partial charge >= 0.3 is 0 Å². The molecule has 3 rings (SSSR count). The molecule has 4 nitrogen and oxygen atoms in total. The van der Waals surface area contributed by atoms with Crippen LogP contribution >= 0.6 is 23.2 Å². The highest BCUT2D eigenvalue weighted by atomic mass is 35.5. The molecule has 0 spiro atoms. The molecule has 0 unspecified atom stereocenters. The lowest BCUT2D eigenvalue weighted by Crippen LogP contribution is -2.31. The normalized spacial score (nSPS) is 10.9. The van der Waals surface area contributed by atoms with Crippen molar-refractivity contribution in [3.63, 3.8) is 0 Å². The topological polar surface area (TPSA) is 37.6 Å². The Bertz CT molecular complexity index is 860. The summed E-state index contributed by atoms with van der Waals surface area (Å²) in [6.07, 6.45) is 3.72. The van der Waals surface area contributed by atoms with E-state index in [0.717, 1.165) is 11.3 Å². The second-order valence-electron chi connectivity index (χ2n) is 5.12. The number of carbonyl (C=O) groups is 1. The van der Waals surface area contributed by atoms with Crippen molar-refractivity contribution in [3.8, 4) is 0 Å². The molecule has 2 aromatic heterocycles. The van der Waals surface area contributed by atoms with E-state index in [2.05, 4.69) is 4.98 Å². The van der Waals surface area contributed by atoms with Crippen LogP contribution in [0.5, 0.6) is 0 Å². The van der Waals surface area contributed by atoms with Gasteiger partial charge in [-0.15, -0.1) is 0 Å². The molecule has 0 saturated carbocycles. The number of hydrogen-bond acceptors (Lipinski definition) is 2. The highest BCUT2D eigenvalue weighted by molar-refractivity contribution is 6.35. The van der Waals surface area contributed by atoms with Crippen LogP contribution in [0.25, 0.3) is 5.65 Å². The maximum atomic E-state index is 12.8. The molecule has 118 valence electrons. The number of amides is 1. The quantitative estimate of drug-likeness (QED) is 0.705. The monoisotopic (exact) mass is 347 g/mol. The number of carbonyl (C=O) groups excluding carboxylic acids is 1. The molecular formula is C17H15Cl2N3O. The Labute approximate surface area is 144 Å². The number of imidazole rings is 1. The van der Waals surface area contributed by atoms with Gasteiger partial charge in [-0.2, -0.15) is 0 Å². The number of rotatable bonds is 4. The Morgan fingerprint density at radius 2 is 2.09 bits per heavy atom. The van der Waals surface area contributed by atoms with Crippen molar-refractivity contribution in [1.29, 1.82) is 0 Å². The number of aromatic nitrogens is 2. The lowest BCUT2D eigenvalue weighted by Gasteiger charge is -2.21. The van der Waals surface area contributed by atoms with E-state index in [1.165, 1.54) is 0 Å². The zero-order valence-corrected chi connectivity index (χ0v) is 14.1. The molecule has 0 bridgehead atoms. The number of hydrogen-bond donors (Lipinski definition) is 0. The summed E-state index contributed by atoms with van der Waals surface area (Å²) < 4.78 is 1.97. The Hall–Kier alpha value is -2.04. The molecule has 0 aliphatic rings. The number of nitrogens with zero attached hydrogens (tertiary/aromatic N) is 3. The molecule has 1 amide bonds. The van der Waals surface area contributed by atoms with Gasteiger partial charge in [-0.05, 0) is 37.3 Å². The largest absolute Gasteiger partial charge is 0.333 e. The molecular weight excluding hydrogens is 333 g/mol. The maximum Gasteiger partial charge on any atom is 0.255 e. The van der Waals surface area contributed by atoms with Crippen LogP contribution in [0.4, 0.5) is 0 Å². The molecule has 2 heterocycles. The van der Waals surface area contributed by atoms with Crippen LogP contribution in [0, 0.1) is 0 Å². The number of halogens is 2. The molecule has 3 aromatic rings. The van der Waals surface area contributed by atoms with Crippen molar-refractivity contribution in [3.05, 3.63) is 70.1 Å². The Kier molecular flexibility index (Phi) is 4.55. The molecule has 0 fully saturated rings. The van der Waals surface area contributed by atoms with Gasteiger partial charge in [-0.1, -0.05) is 29.3 Å². The average Bonchev–Trinajstić information content (AvgIpc) is 2.97. The smallest absolute Gasteiger partial charge is 0.255 e.